The Hall–Kier alpha value is 0.690. The van der Waals surface area contributed by atoms with Crippen molar-refractivity contribution in [3.63, 3.8) is 0 Å². The molecule has 1 aliphatic carbocycles. The molecule has 0 amide bonds. The Morgan fingerprint density at radius 2 is 2.09 bits per heavy atom. The van der Waals surface area contributed by atoms with Crippen LogP contribution < -0.4 is 10.9 Å². The van der Waals surface area contributed by atoms with Gasteiger partial charge in [0.1, 0.15) is 0 Å². The molecule has 64 valence electrons. The van der Waals surface area contributed by atoms with Crippen LogP contribution in [0.4, 0.5) is 0 Å². The van der Waals surface area contributed by atoms with Gasteiger partial charge in [0.25, 0.3) is 0 Å². The standard InChI is InChI=1S/C7H12BrClN2/c8-7-4-2-1-3-5(9)6(4)10-11-7/h4-7,10-11H,1-3H2. The molecule has 4 unspecified atom stereocenters. The highest BCUT2D eigenvalue weighted by Gasteiger charge is 2.40. The molecule has 0 bridgehead atoms. The highest BCUT2D eigenvalue weighted by Crippen LogP contribution is 2.34. The zero-order chi connectivity index (χ0) is 7.84. The molecule has 1 saturated carbocycles. The zero-order valence-electron chi connectivity index (χ0n) is 6.19. The lowest BCUT2D eigenvalue weighted by atomic mass is 9.86. The number of halogens is 2. The van der Waals surface area contributed by atoms with Gasteiger partial charge in [-0.05, 0) is 12.8 Å². The first-order chi connectivity index (χ1) is 5.29. The molecule has 4 atom stereocenters. The predicted octanol–water partition coefficient (Wildman–Crippen LogP) is 1.59. The van der Waals surface area contributed by atoms with Gasteiger partial charge in [0, 0.05) is 12.0 Å². The van der Waals surface area contributed by atoms with Gasteiger partial charge < -0.3 is 0 Å². The number of hydrogen-bond donors (Lipinski definition) is 2. The monoisotopic (exact) mass is 238 g/mol. The summed E-state index contributed by atoms with van der Waals surface area (Å²) in [4.78, 5) is 0.411. The first kappa shape index (κ1) is 8.30. The molecule has 0 aromatic carbocycles. The topological polar surface area (TPSA) is 24.1 Å². The molecule has 2 rings (SSSR count). The summed E-state index contributed by atoms with van der Waals surface area (Å²) in [5.41, 5.74) is 6.40. The van der Waals surface area contributed by atoms with Gasteiger partial charge in [0.05, 0.1) is 10.3 Å². The van der Waals surface area contributed by atoms with Crippen molar-refractivity contribution in [2.75, 3.05) is 0 Å². The molecule has 2 fully saturated rings. The summed E-state index contributed by atoms with van der Waals surface area (Å²) in [6.07, 6.45) is 3.70. The zero-order valence-corrected chi connectivity index (χ0v) is 8.53. The fourth-order valence-corrected chi connectivity index (χ4v) is 3.11. The van der Waals surface area contributed by atoms with Crippen LogP contribution in [0.3, 0.4) is 0 Å². The number of rotatable bonds is 0. The van der Waals surface area contributed by atoms with E-state index in [-0.39, 0.29) is 0 Å². The molecule has 4 heteroatoms. The van der Waals surface area contributed by atoms with E-state index < -0.39 is 0 Å². The van der Waals surface area contributed by atoms with Gasteiger partial charge in [-0.2, -0.15) is 0 Å². The van der Waals surface area contributed by atoms with Gasteiger partial charge in [0.15, 0.2) is 0 Å². The average Bonchev–Trinajstić information content (AvgIpc) is 2.35. The molecular weight excluding hydrogens is 227 g/mol. The number of hydrogen-bond acceptors (Lipinski definition) is 2. The van der Waals surface area contributed by atoms with Gasteiger partial charge in [0.2, 0.25) is 0 Å². The molecule has 11 heavy (non-hydrogen) atoms. The normalized spacial score (nSPS) is 50.7. The lowest BCUT2D eigenvalue weighted by Crippen LogP contribution is -2.41. The Labute approximate surface area is 80.2 Å². The van der Waals surface area contributed by atoms with E-state index in [4.69, 9.17) is 11.6 Å². The first-order valence-corrected chi connectivity index (χ1v) is 5.43. The van der Waals surface area contributed by atoms with Crippen molar-refractivity contribution in [1.29, 1.82) is 0 Å². The molecule has 0 spiro atoms. The van der Waals surface area contributed by atoms with Crippen molar-refractivity contribution in [2.45, 2.75) is 35.6 Å². The Morgan fingerprint density at radius 3 is 2.82 bits per heavy atom. The highest BCUT2D eigenvalue weighted by atomic mass is 79.9. The fraction of sp³-hybridized carbons (Fsp3) is 1.00. The van der Waals surface area contributed by atoms with Gasteiger partial charge in [-0.15, -0.1) is 11.6 Å². The minimum atomic E-state index is 0.309. The van der Waals surface area contributed by atoms with E-state index in [1.54, 1.807) is 0 Å². The summed E-state index contributed by atoms with van der Waals surface area (Å²) in [6.45, 7) is 0. The second kappa shape index (κ2) is 3.21. The molecular formula is C7H12BrClN2. The highest BCUT2D eigenvalue weighted by molar-refractivity contribution is 9.09. The SMILES string of the molecule is ClC1CCCC2C(Br)NNC12. The number of alkyl halides is 2. The van der Waals surface area contributed by atoms with E-state index in [0.29, 0.717) is 22.3 Å². The summed E-state index contributed by atoms with van der Waals surface area (Å²) in [6, 6.07) is 0.467. The van der Waals surface area contributed by atoms with Gasteiger partial charge in [-0.25, -0.2) is 5.43 Å². The van der Waals surface area contributed by atoms with E-state index in [1.807, 2.05) is 0 Å². The van der Waals surface area contributed by atoms with E-state index in [9.17, 15) is 0 Å². The lowest BCUT2D eigenvalue weighted by Gasteiger charge is -2.29. The molecule has 1 heterocycles. The average molecular weight is 240 g/mol. The largest absolute Gasteiger partial charge is 0.252 e. The summed E-state index contributed by atoms with van der Waals surface area (Å²) in [5.74, 6) is 0.672. The minimum absolute atomic E-state index is 0.309. The summed E-state index contributed by atoms with van der Waals surface area (Å²) in [5, 5.41) is 0.309. The van der Waals surface area contributed by atoms with E-state index in [1.165, 1.54) is 12.8 Å². The molecule has 1 saturated heterocycles. The molecule has 2 nitrogen and oxygen atoms in total. The molecule has 2 aliphatic rings. The van der Waals surface area contributed by atoms with Crippen LogP contribution in [0.25, 0.3) is 0 Å². The fourth-order valence-electron chi connectivity index (χ4n) is 1.98. The predicted molar refractivity (Wildman–Crippen MR) is 49.8 cm³/mol. The maximum absolute atomic E-state index is 6.16. The van der Waals surface area contributed by atoms with Crippen molar-refractivity contribution in [2.24, 2.45) is 5.92 Å². The molecule has 0 aromatic heterocycles. The molecule has 2 N–H and O–H groups in total. The third kappa shape index (κ3) is 1.44. The van der Waals surface area contributed by atoms with Gasteiger partial charge >= 0.3 is 0 Å². The maximum Gasteiger partial charge on any atom is 0.0807 e. The van der Waals surface area contributed by atoms with E-state index >= 15 is 0 Å². The summed E-state index contributed by atoms with van der Waals surface area (Å²) < 4.78 is 0. The van der Waals surface area contributed by atoms with Crippen LogP contribution in [0.15, 0.2) is 0 Å². The van der Waals surface area contributed by atoms with Crippen molar-refractivity contribution in [3.05, 3.63) is 0 Å². The summed E-state index contributed by atoms with van der Waals surface area (Å²) in [7, 11) is 0. The molecule has 0 aromatic rings. The Kier molecular flexibility index (Phi) is 2.42. The third-order valence-electron chi connectivity index (χ3n) is 2.63. The van der Waals surface area contributed by atoms with Crippen LogP contribution in [0.2, 0.25) is 0 Å². The van der Waals surface area contributed by atoms with Crippen LogP contribution in [0.5, 0.6) is 0 Å². The van der Waals surface area contributed by atoms with Crippen molar-refractivity contribution < 1.29 is 0 Å². The smallest absolute Gasteiger partial charge is 0.0807 e. The van der Waals surface area contributed by atoms with Crippen molar-refractivity contribution in [3.8, 4) is 0 Å². The van der Waals surface area contributed by atoms with E-state index in [0.717, 1.165) is 6.42 Å². The van der Waals surface area contributed by atoms with Crippen LogP contribution in [-0.4, -0.2) is 16.4 Å². The number of fused-ring (bicyclic) bond motifs is 1. The second-order valence-corrected chi connectivity index (χ2v) is 4.87. The van der Waals surface area contributed by atoms with Crippen LogP contribution in [0.1, 0.15) is 19.3 Å². The van der Waals surface area contributed by atoms with Crippen molar-refractivity contribution >= 4 is 27.5 Å². The van der Waals surface area contributed by atoms with Gasteiger partial charge in [-0.3, -0.25) is 5.43 Å². The quantitative estimate of drug-likeness (QED) is 0.496. The maximum atomic E-state index is 6.16. The second-order valence-electron chi connectivity index (χ2n) is 3.33. The van der Waals surface area contributed by atoms with E-state index in [2.05, 4.69) is 26.8 Å². The molecule has 1 aliphatic heterocycles. The number of hydrazine groups is 1. The minimum Gasteiger partial charge on any atom is -0.252 e. The molecule has 0 radical (unpaired) electrons. The van der Waals surface area contributed by atoms with Crippen LogP contribution in [0, 0.1) is 5.92 Å². The number of nitrogens with one attached hydrogen (secondary N) is 2. The Balaban J connectivity index is 2.07. The van der Waals surface area contributed by atoms with Crippen LogP contribution in [-0.2, 0) is 0 Å². The Bertz CT molecular complexity index is 153. The van der Waals surface area contributed by atoms with Gasteiger partial charge in [-0.1, -0.05) is 22.4 Å². The third-order valence-corrected chi connectivity index (χ3v) is 4.03. The van der Waals surface area contributed by atoms with Crippen molar-refractivity contribution in [1.82, 2.24) is 10.9 Å². The first-order valence-electron chi connectivity index (χ1n) is 4.08. The summed E-state index contributed by atoms with van der Waals surface area (Å²) >= 11 is 9.73. The Morgan fingerprint density at radius 1 is 1.27 bits per heavy atom. The lowest BCUT2D eigenvalue weighted by molar-refractivity contribution is 0.336. The van der Waals surface area contributed by atoms with Crippen LogP contribution >= 0.6 is 27.5 Å².